The number of aliphatic imine (C=N–C) groups is 1. The van der Waals surface area contributed by atoms with Gasteiger partial charge in [0.15, 0.2) is 5.96 Å². The summed E-state index contributed by atoms with van der Waals surface area (Å²) >= 11 is 0. The SMILES string of the molecule is CCNC(=NCCCn1c(C)nc2ccccc21)NCCOc1cccc(NC(C)=O)c1. The van der Waals surface area contributed by atoms with Crippen LogP contribution < -0.4 is 20.7 Å². The zero-order valence-electron chi connectivity index (χ0n) is 19.0. The van der Waals surface area contributed by atoms with Crippen molar-refractivity contribution in [3.63, 3.8) is 0 Å². The van der Waals surface area contributed by atoms with Crippen LogP contribution in [0.25, 0.3) is 11.0 Å². The Bertz CT molecular complexity index is 1060. The van der Waals surface area contributed by atoms with Gasteiger partial charge in [-0.25, -0.2) is 4.98 Å². The Balaban J connectivity index is 1.44. The first-order valence-electron chi connectivity index (χ1n) is 11.0. The second kappa shape index (κ2) is 11.7. The van der Waals surface area contributed by atoms with E-state index in [1.807, 2.05) is 56.3 Å². The van der Waals surface area contributed by atoms with Crippen molar-refractivity contribution in [2.24, 2.45) is 4.99 Å². The molecule has 0 spiro atoms. The average Bonchev–Trinajstić information content (AvgIpc) is 3.09. The summed E-state index contributed by atoms with van der Waals surface area (Å²) in [5, 5.41) is 9.31. The molecule has 0 bridgehead atoms. The van der Waals surface area contributed by atoms with Gasteiger partial charge in [0.05, 0.1) is 17.6 Å². The third-order valence-electron chi connectivity index (χ3n) is 4.82. The number of anilines is 1. The summed E-state index contributed by atoms with van der Waals surface area (Å²) in [7, 11) is 0. The van der Waals surface area contributed by atoms with E-state index in [2.05, 4.69) is 36.6 Å². The molecule has 0 unspecified atom stereocenters. The van der Waals surface area contributed by atoms with E-state index in [0.29, 0.717) is 25.4 Å². The number of guanidine groups is 1. The van der Waals surface area contributed by atoms with E-state index >= 15 is 0 Å². The van der Waals surface area contributed by atoms with Crippen molar-refractivity contribution in [1.82, 2.24) is 20.2 Å². The first kappa shape index (κ1) is 23.1. The second-order valence-electron chi connectivity index (χ2n) is 7.40. The van der Waals surface area contributed by atoms with Crippen LogP contribution in [-0.4, -0.2) is 47.7 Å². The number of amides is 1. The zero-order valence-corrected chi connectivity index (χ0v) is 19.0. The summed E-state index contributed by atoms with van der Waals surface area (Å²) in [5.74, 6) is 2.41. The van der Waals surface area contributed by atoms with Gasteiger partial charge in [0.1, 0.15) is 18.2 Å². The molecule has 170 valence electrons. The van der Waals surface area contributed by atoms with Crippen molar-refractivity contribution in [3.05, 3.63) is 54.4 Å². The van der Waals surface area contributed by atoms with Gasteiger partial charge >= 0.3 is 0 Å². The highest BCUT2D eigenvalue weighted by Crippen LogP contribution is 2.17. The monoisotopic (exact) mass is 436 g/mol. The Morgan fingerprint density at radius 3 is 2.81 bits per heavy atom. The minimum Gasteiger partial charge on any atom is -0.492 e. The fourth-order valence-corrected chi connectivity index (χ4v) is 3.44. The van der Waals surface area contributed by atoms with Crippen LogP contribution in [0, 0.1) is 6.92 Å². The number of fused-ring (bicyclic) bond motifs is 1. The van der Waals surface area contributed by atoms with Crippen molar-refractivity contribution in [1.29, 1.82) is 0 Å². The summed E-state index contributed by atoms with van der Waals surface area (Å²) in [4.78, 5) is 20.5. The molecule has 0 aliphatic rings. The molecule has 8 nitrogen and oxygen atoms in total. The second-order valence-corrected chi connectivity index (χ2v) is 7.40. The number of aromatic nitrogens is 2. The fourth-order valence-electron chi connectivity index (χ4n) is 3.44. The highest BCUT2D eigenvalue weighted by Gasteiger charge is 2.06. The number of hydrogen-bond donors (Lipinski definition) is 3. The van der Waals surface area contributed by atoms with Crippen molar-refractivity contribution >= 4 is 28.6 Å². The number of nitrogens with one attached hydrogen (secondary N) is 3. The van der Waals surface area contributed by atoms with E-state index in [9.17, 15) is 4.79 Å². The molecule has 0 aliphatic heterocycles. The molecule has 1 aromatic heterocycles. The number of ether oxygens (including phenoxy) is 1. The molecule has 8 heteroatoms. The molecule has 1 amide bonds. The van der Waals surface area contributed by atoms with Crippen LogP contribution in [0.2, 0.25) is 0 Å². The van der Waals surface area contributed by atoms with E-state index in [4.69, 9.17) is 4.74 Å². The van der Waals surface area contributed by atoms with Crippen molar-refractivity contribution in [2.45, 2.75) is 33.7 Å². The lowest BCUT2D eigenvalue weighted by Gasteiger charge is -2.13. The number of aryl methyl sites for hydroxylation is 2. The molecule has 1 heterocycles. The van der Waals surface area contributed by atoms with E-state index in [1.54, 1.807) is 0 Å². The third kappa shape index (κ3) is 6.73. The number of rotatable bonds is 10. The summed E-state index contributed by atoms with van der Waals surface area (Å²) in [5.41, 5.74) is 2.92. The van der Waals surface area contributed by atoms with Crippen LogP contribution in [0.1, 0.15) is 26.1 Å². The minimum absolute atomic E-state index is 0.105. The predicted molar refractivity (Wildman–Crippen MR) is 129 cm³/mol. The minimum atomic E-state index is -0.105. The first-order valence-corrected chi connectivity index (χ1v) is 11.0. The van der Waals surface area contributed by atoms with Gasteiger partial charge in [-0.05, 0) is 44.5 Å². The Kier molecular flexibility index (Phi) is 8.48. The number of nitrogens with zero attached hydrogens (tertiary/aromatic N) is 3. The first-order chi connectivity index (χ1) is 15.6. The van der Waals surface area contributed by atoms with E-state index in [1.165, 1.54) is 12.4 Å². The third-order valence-corrected chi connectivity index (χ3v) is 4.82. The van der Waals surface area contributed by atoms with Gasteiger partial charge in [-0.15, -0.1) is 0 Å². The van der Waals surface area contributed by atoms with Crippen LogP contribution in [0.15, 0.2) is 53.5 Å². The highest BCUT2D eigenvalue weighted by molar-refractivity contribution is 5.88. The molecule has 0 atom stereocenters. The zero-order chi connectivity index (χ0) is 22.8. The number of para-hydroxylation sites is 2. The lowest BCUT2D eigenvalue weighted by molar-refractivity contribution is -0.114. The molecular formula is C24H32N6O2. The molecule has 0 aliphatic carbocycles. The van der Waals surface area contributed by atoms with Crippen LogP contribution in [0.4, 0.5) is 5.69 Å². The normalized spacial score (nSPS) is 11.4. The summed E-state index contributed by atoms with van der Waals surface area (Å²) in [6.07, 6.45) is 0.921. The van der Waals surface area contributed by atoms with E-state index in [0.717, 1.165) is 42.5 Å². The lowest BCUT2D eigenvalue weighted by atomic mass is 10.3. The fraction of sp³-hybridized carbons (Fsp3) is 0.375. The average molecular weight is 437 g/mol. The summed E-state index contributed by atoms with van der Waals surface area (Å²) in [6.45, 7) is 9.04. The topological polar surface area (TPSA) is 92.6 Å². The van der Waals surface area contributed by atoms with Gasteiger partial charge in [0.2, 0.25) is 5.91 Å². The number of carbonyl (C=O) groups is 1. The molecule has 3 N–H and O–H groups in total. The van der Waals surface area contributed by atoms with Gasteiger partial charge in [-0.3, -0.25) is 9.79 Å². The van der Waals surface area contributed by atoms with Crippen molar-refractivity contribution in [2.75, 3.05) is 31.6 Å². The predicted octanol–water partition coefficient (Wildman–Crippen LogP) is 3.33. The summed E-state index contributed by atoms with van der Waals surface area (Å²) < 4.78 is 8.02. The molecular weight excluding hydrogens is 404 g/mol. The van der Waals surface area contributed by atoms with E-state index in [-0.39, 0.29) is 5.91 Å². The standard InChI is InChI=1S/C24H32N6O2/c1-4-25-24(27-14-16-32-21-10-7-9-20(17-21)29-19(3)31)26-13-8-15-30-18(2)28-22-11-5-6-12-23(22)30/h5-7,9-12,17H,4,8,13-16H2,1-3H3,(H,29,31)(H2,25,26,27). The Labute approximate surface area is 189 Å². The largest absolute Gasteiger partial charge is 0.492 e. The molecule has 2 aromatic carbocycles. The summed E-state index contributed by atoms with van der Waals surface area (Å²) in [6, 6.07) is 15.6. The van der Waals surface area contributed by atoms with Crippen molar-refractivity contribution in [3.8, 4) is 5.75 Å². The van der Waals surface area contributed by atoms with Crippen molar-refractivity contribution < 1.29 is 9.53 Å². The van der Waals surface area contributed by atoms with Gasteiger partial charge in [0.25, 0.3) is 0 Å². The maximum atomic E-state index is 11.2. The van der Waals surface area contributed by atoms with Gasteiger partial charge in [-0.1, -0.05) is 18.2 Å². The van der Waals surface area contributed by atoms with Crippen LogP contribution >= 0.6 is 0 Å². The number of carbonyl (C=O) groups excluding carboxylic acids is 1. The molecule has 32 heavy (non-hydrogen) atoms. The molecule has 0 fully saturated rings. The van der Waals surface area contributed by atoms with Crippen LogP contribution in [-0.2, 0) is 11.3 Å². The lowest BCUT2D eigenvalue weighted by Crippen LogP contribution is -2.39. The number of imidazole rings is 1. The number of benzene rings is 2. The molecule has 0 saturated carbocycles. The van der Waals surface area contributed by atoms with Gasteiger partial charge in [-0.2, -0.15) is 0 Å². The Hall–Kier alpha value is -3.55. The molecule has 0 radical (unpaired) electrons. The highest BCUT2D eigenvalue weighted by atomic mass is 16.5. The maximum Gasteiger partial charge on any atom is 0.221 e. The Morgan fingerprint density at radius 1 is 1.16 bits per heavy atom. The quantitative estimate of drug-likeness (QED) is 0.258. The molecule has 3 rings (SSSR count). The number of hydrogen-bond acceptors (Lipinski definition) is 4. The van der Waals surface area contributed by atoms with E-state index < -0.39 is 0 Å². The molecule has 3 aromatic rings. The van der Waals surface area contributed by atoms with Gasteiger partial charge < -0.3 is 25.3 Å². The molecule has 0 saturated heterocycles. The maximum absolute atomic E-state index is 11.2. The smallest absolute Gasteiger partial charge is 0.221 e. The van der Waals surface area contributed by atoms with Gasteiger partial charge in [0, 0.05) is 38.3 Å². The van der Waals surface area contributed by atoms with Crippen LogP contribution in [0.5, 0.6) is 5.75 Å². The van der Waals surface area contributed by atoms with Crippen LogP contribution in [0.3, 0.4) is 0 Å². The Morgan fingerprint density at radius 2 is 2.00 bits per heavy atom.